The van der Waals surface area contributed by atoms with Crippen LogP contribution in [0.1, 0.15) is 25.3 Å². The van der Waals surface area contributed by atoms with Gasteiger partial charge in [0.25, 0.3) is 0 Å². The molecule has 0 bridgehead atoms. The largest absolute Gasteiger partial charge is 0.398 e. The molecule has 0 saturated carbocycles. The molecular weight excluding hydrogens is 269 g/mol. The lowest BCUT2D eigenvalue weighted by Gasteiger charge is -2.08. The van der Waals surface area contributed by atoms with Crippen molar-refractivity contribution in [2.24, 2.45) is 0 Å². The number of benzene rings is 1. The lowest BCUT2D eigenvalue weighted by molar-refractivity contribution is 0.657. The summed E-state index contributed by atoms with van der Waals surface area (Å²) in [6.07, 6.45) is 6.11. The second-order valence-corrected chi connectivity index (χ2v) is 5.59. The molecule has 2 rings (SSSR count). The van der Waals surface area contributed by atoms with Gasteiger partial charge in [0, 0.05) is 16.1 Å². The summed E-state index contributed by atoms with van der Waals surface area (Å²) in [5, 5.41) is -0.196. The SMILES string of the molecule is C=C/C(=C\CCC)c1ccc(-c2ccc(F)s2)c(N)c1. The third-order valence-corrected chi connectivity index (χ3v) is 4.00. The van der Waals surface area contributed by atoms with Gasteiger partial charge in [0.15, 0.2) is 5.13 Å². The van der Waals surface area contributed by atoms with Crippen LogP contribution in [-0.2, 0) is 0 Å². The van der Waals surface area contributed by atoms with Crippen LogP contribution >= 0.6 is 11.3 Å². The van der Waals surface area contributed by atoms with E-state index in [1.165, 1.54) is 6.07 Å². The summed E-state index contributed by atoms with van der Waals surface area (Å²) >= 11 is 1.11. The summed E-state index contributed by atoms with van der Waals surface area (Å²) in [6, 6.07) is 9.10. The number of unbranched alkanes of at least 4 members (excludes halogenated alkanes) is 1. The highest BCUT2D eigenvalue weighted by molar-refractivity contribution is 7.13. The Bertz CT molecular complexity index is 640. The Morgan fingerprint density at radius 3 is 2.70 bits per heavy atom. The molecule has 0 unspecified atom stereocenters. The van der Waals surface area contributed by atoms with Crippen LogP contribution in [0.15, 0.2) is 49.1 Å². The van der Waals surface area contributed by atoms with Crippen LogP contribution in [0, 0.1) is 5.13 Å². The Morgan fingerprint density at radius 1 is 1.35 bits per heavy atom. The van der Waals surface area contributed by atoms with Gasteiger partial charge in [-0.1, -0.05) is 44.2 Å². The van der Waals surface area contributed by atoms with Gasteiger partial charge >= 0.3 is 0 Å². The topological polar surface area (TPSA) is 26.0 Å². The highest BCUT2D eigenvalue weighted by Crippen LogP contribution is 2.33. The van der Waals surface area contributed by atoms with Crippen molar-refractivity contribution in [3.05, 3.63) is 59.8 Å². The number of nitrogens with two attached hydrogens (primary N) is 1. The van der Waals surface area contributed by atoms with Crippen LogP contribution in [-0.4, -0.2) is 0 Å². The van der Waals surface area contributed by atoms with Crippen LogP contribution in [0.2, 0.25) is 0 Å². The van der Waals surface area contributed by atoms with Crippen molar-refractivity contribution >= 4 is 22.6 Å². The van der Waals surface area contributed by atoms with E-state index in [0.717, 1.165) is 45.8 Å². The molecule has 0 aliphatic carbocycles. The number of hydrogen-bond donors (Lipinski definition) is 1. The summed E-state index contributed by atoms with van der Waals surface area (Å²) in [5.41, 5.74) is 9.78. The second-order valence-electron chi connectivity index (χ2n) is 4.56. The van der Waals surface area contributed by atoms with Crippen molar-refractivity contribution in [1.82, 2.24) is 0 Å². The minimum atomic E-state index is -0.196. The molecule has 20 heavy (non-hydrogen) atoms. The normalized spacial score (nSPS) is 11.6. The molecule has 0 aliphatic heterocycles. The molecule has 0 saturated heterocycles. The average Bonchev–Trinajstić information content (AvgIpc) is 2.86. The van der Waals surface area contributed by atoms with Crippen molar-refractivity contribution in [1.29, 1.82) is 0 Å². The minimum absolute atomic E-state index is 0.196. The van der Waals surface area contributed by atoms with Gasteiger partial charge in [0.1, 0.15) is 0 Å². The van der Waals surface area contributed by atoms with Crippen molar-refractivity contribution < 1.29 is 4.39 Å². The van der Waals surface area contributed by atoms with E-state index in [1.807, 2.05) is 24.3 Å². The first kappa shape index (κ1) is 14.5. The molecule has 1 heterocycles. The molecule has 0 radical (unpaired) electrons. The van der Waals surface area contributed by atoms with Crippen LogP contribution in [0.4, 0.5) is 10.1 Å². The summed E-state index contributed by atoms with van der Waals surface area (Å²) in [7, 11) is 0. The zero-order valence-corrected chi connectivity index (χ0v) is 12.3. The number of allylic oxidation sites excluding steroid dienone is 3. The fraction of sp³-hybridized carbons (Fsp3) is 0.176. The van der Waals surface area contributed by atoms with Crippen LogP contribution in [0.25, 0.3) is 16.0 Å². The van der Waals surface area contributed by atoms with Crippen LogP contribution in [0.3, 0.4) is 0 Å². The van der Waals surface area contributed by atoms with Crippen molar-refractivity contribution in [2.75, 3.05) is 5.73 Å². The maximum absolute atomic E-state index is 13.1. The van der Waals surface area contributed by atoms with Gasteiger partial charge < -0.3 is 5.73 Å². The van der Waals surface area contributed by atoms with Gasteiger partial charge in [-0.3, -0.25) is 0 Å². The zero-order valence-electron chi connectivity index (χ0n) is 11.5. The molecular formula is C17H18FNS. The Hall–Kier alpha value is -1.87. The van der Waals surface area contributed by atoms with Crippen molar-refractivity contribution in [3.63, 3.8) is 0 Å². The lowest BCUT2D eigenvalue weighted by Crippen LogP contribution is -1.91. The van der Waals surface area contributed by atoms with Gasteiger partial charge in [-0.2, -0.15) is 4.39 Å². The number of halogens is 1. The molecule has 2 N–H and O–H groups in total. The average molecular weight is 287 g/mol. The van der Waals surface area contributed by atoms with Crippen LogP contribution in [0.5, 0.6) is 0 Å². The number of anilines is 1. The van der Waals surface area contributed by atoms with E-state index in [9.17, 15) is 4.39 Å². The Kier molecular flexibility index (Phi) is 4.74. The van der Waals surface area contributed by atoms with E-state index < -0.39 is 0 Å². The predicted octanol–water partition coefficient (Wildman–Crippen LogP) is 5.51. The first-order chi connectivity index (χ1) is 9.65. The quantitative estimate of drug-likeness (QED) is 0.570. The first-order valence-corrected chi connectivity index (χ1v) is 7.45. The van der Waals surface area contributed by atoms with Gasteiger partial charge in [-0.15, -0.1) is 11.3 Å². The highest BCUT2D eigenvalue weighted by atomic mass is 32.1. The van der Waals surface area contributed by atoms with E-state index in [-0.39, 0.29) is 5.13 Å². The molecule has 1 aromatic heterocycles. The summed E-state index contributed by atoms with van der Waals surface area (Å²) in [6.45, 7) is 5.99. The second kappa shape index (κ2) is 6.53. The Morgan fingerprint density at radius 2 is 2.15 bits per heavy atom. The Balaban J connectivity index is 2.36. The molecule has 0 amide bonds. The minimum Gasteiger partial charge on any atom is -0.398 e. The maximum Gasteiger partial charge on any atom is 0.176 e. The third-order valence-electron chi connectivity index (χ3n) is 3.10. The number of nitrogen functional groups attached to an aromatic ring is 1. The molecule has 0 fully saturated rings. The van der Waals surface area contributed by atoms with E-state index in [4.69, 9.17) is 5.73 Å². The fourth-order valence-corrected chi connectivity index (χ4v) is 2.82. The zero-order chi connectivity index (χ0) is 14.5. The maximum atomic E-state index is 13.1. The molecule has 1 aromatic carbocycles. The molecule has 0 atom stereocenters. The monoisotopic (exact) mass is 287 g/mol. The molecule has 0 aliphatic rings. The Labute approximate surface area is 123 Å². The number of thiophene rings is 1. The van der Waals surface area contributed by atoms with E-state index >= 15 is 0 Å². The summed E-state index contributed by atoms with van der Waals surface area (Å²) < 4.78 is 13.1. The number of hydrogen-bond acceptors (Lipinski definition) is 2. The summed E-state index contributed by atoms with van der Waals surface area (Å²) in [5.74, 6) is 0. The van der Waals surface area contributed by atoms with E-state index in [0.29, 0.717) is 5.69 Å². The third kappa shape index (κ3) is 3.17. The van der Waals surface area contributed by atoms with Gasteiger partial charge in [-0.05, 0) is 35.8 Å². The fourth-order valence-electron chi connectivity index (χ4n) is 2.04. The predicted molar refractivity (Wildman–Crippen MR) is 87.2 cm³/mol. The first-order valence-electron chi connectivity index (χ1n) is 6.64. The lowest BCUT2D eigenvalue weighted by atomic mass is 10.0. The van der Waals surface area contributed by atoms with Gasteiger partial charge in [0.05, 0.1) is 0 Å². The van der Waals surface area contributed by atoms with Crippen molar-refractivity contribution in [3.8, 4) is 10.4 Å². The van der Waals surface area contributed by atoms with Gasteiger partial charge in [0.2, 0.25) is 0 Å². The number of rotatable bonds is 5. The standard InChI is InChI=1S/C17H18FNS/c1-3-5-6-12(4-2)13-7-8-14(15(19)11-13)16-9-10-17(18)20-16/h4,6-11H,2-3,5,19H2,1H3/b12-6+. The smallest absolute Gasteiger partial charge is 0.176 e. The molecule has 3 heteroatoms. The van der Waals surface area contributed by atoms with Crippen LogP contribution < -0.4 is 5.73 Å². The highest BCUT2D eigenvalue weighted by Gasteiger charge is 2.08. The van der Waals surface area contributed by atoms with Gasteiger partial charge in [-0.25, -0.2) is 0 Å². The van der Waals surface area contributed by atoms with E-state index in [1.54, 1.807) is 6.07 Å². The summed E-state index contributed by atoms with van der Waals surface area (Å²) in [4.78, 5) is 0.851. The van der Waals surface area contributed by atoms with Crippen molar-refractivity contribution in [2.45, 2.75) is 19.8 Å². The molecule has 104 valence electrons. The molecule has 1 nitrogen and oxygen atoms in total. The molecule has 2 aromatic rings. The molecule has 0 spiro atoms. The van der Waals surface area contributed by atoms with E-state index in [2.05, 4.69) is 19.6 Å².